The monoisotopic (exact) mass is 343 g/mol. The van der Waals surface area contributed by atoms with Crippen LogP contribution in [0.4, 0.5) is 0 Å². The maximum atomic E-state index is 12.6. The van der Waals surface area contributed by atoms with Crippen molar-refractivity contribution in [3.05, 3.63) is 35.4 Å². The molecular weight excluding hydrogens is 318 g/mol. The summed E-state index contributed by atoms with van der Waals surface area (Å²) in [6, 6.07) is 7.00. The van der Waals surface area contributed by atoms with E-state index in [1.807, 2.05) is 11.8 Å². The van der Waals surface area contributed by atoms with Gasteiger partial charge in [0.15, 0.2) is 5.78 Å². The Bertz CT molecular complexity index is 659. The highest BCUT2D eigenvalue weighted by Crippen LogP contribution is 2.19. The van der Waals surface area contributed by atoms with Crippen molar-refractivity contribution >= 4 is 17.6 Å². The van der Waals surface area contributed by atoms with Gasteiger partial charge in [0, 0.05) is 43.3 Å². The number of Topliss-reactive ketones (excluding diaryl/α,β-unsaturated/α-hetero) is 1. The summed E-state index contributed by atoms with van der Waals surface area (Å²) >= 11 is 0. The number of rotatable bonds is 5. The Morgan fingerprint density at radius 1 is 1.00 bits per heavy atom. The molecule has 6 nitrogen and oxygen atoms in total. The van der Waals surface area contributed by atoms with E-state index in [2.05, 4.69) is 10.2 Å². The van der Waals surface area contributed by atoms with Crippen molar-refractivity contribution in [3.63, 3.8) is 0 Å². The molecule has 1 N–H and O–H groups in total. The van der Waals surface area contributed by atoms with E-state index in [1.165, 1.54) is 6.92 Å². The van der Waals surface area contributed by atoms with Gasteiger partial charge in [0.05, 0.1) is 6.04 Å². The molecule has 0 aromatic heterocycles. The minimum Gasteiger partial charge on any atom is -0.352 e. The Morgan fingerprint density at radius 3 is 2.08 bits per heavy atom. The molecule has 2 fully saturated rings. The zero-order chi connectivity index (χ0) is 18.0. The van der Waals surface area contributed by atoms with Crippen molar-refractivity contribution in [2.24, 2.45) is 0 Å². The lowest BCUT2D eigenvalue weighted by molar-refractivity contribution is -0.126. The first kappa shape index (κ1) is 17.6. The molecule has 2 amide bonds. The van der Waals surface area contributed by atoms with Crippen molar-refractivity contribution in [1.29, 1.82) is 0 Å². The quantitative estimate of drug-likeness (QED) is 0.819. The molecule has 0 radical (unpaired) electrons. The molecule has 1 aromatic carbocycles. The van der Waals surface area contributed by atoms with Crippen LogP contribution in [-0.2, 0) is 4.79 Å². The van der Waals surface area contributed by atoms with Crippen LogP contribution in [0.3, 0.4) is 0 Å². The minimum atomic E-state index is -0.160. The lowest BCUT2D eigenvalue weighted by Crippen LogP contribution is -2.55. The summed E-state index contributed by atoms with van der Waals surface area (Å²) in [5, 5.41) is 3.04. The predicted octanol–water partition coefficient (Wildman–Crippen LogP) is 1.31. The Hall–Kier alpha value is -2.21. The van der Waals surface area contributed by atoms with Gasteiger partial charge in [0.2, 0.25) is 5.91 Å². The highest BCUT2D eigenvalue weighted by molar-refractivity contribution is 5.97. The summed E-state index contributed by atoms with van der Waals surface area (Å²) < 4.78 is 0. The number of ketones is 1. The Kier molecular flexibility index (Phi) is 5.18. The van der Waals surface area contributed by atoms with E-state index in [1.54, 1.807) is 24.3 Å². The number of nitrogens with one attached hydrogen (secondary N) is 1. The van der Waals surface area contributed by atoms with Crippen LogP contribution in [0.5, 0.6) is 0 Å². The fourth-order valence-corrected chi connectivity index (χ4v) is 3.06. The molecule has 134 valence electrons. The Balaban J connectivity index is 1.53. The highest BCUT2D eigenvalue weighted by Gasteiger charge is 2.31. The van der Waals surface area contributed by atoms with E-state index in [9.17, 15) is 14.4 Å². The third-order valence-corrected chi connectivity index (χ3v) is 4.99. The minimum absolute atomic E-state index is 0.00826. The van der Waals surface area contributed by atoms with Crippen LogP contribution >= 0.6 is 0 Å². The molecule has 25 heavy (non-hydrogen) atoms. The average molecular weight is 343 g/mol. The predicted molar refractivity (Wildman–Crippen MR) is 94.5 cm³/mol. The number of carbonyl (C=O) groups excluding carboxylic acids is 3. The molecule has 1 aliphatic heterocycles. The third-order valence-electron chi connectivity index (χ3n) is 4.99. The summed E-state index contributed by atoms with van der Waals surface area (Å²) in [6.07, 6.45) is 2.17. The second kappa shape index (κ2) is 7.35. The van der Waals surface area contributed by atoms with E-state index in [-0.39, 0.29) is 23.6 Å². The molecule has 0 spiro atoms. The topological polar surface area (TPSA) is 69.7 Å². The van der Waals surface area contributed by atoms with Gasteiger partial charge in [-0.15, -0.1) is 0 Å². The normalized spacial score (nSPS) is 19.4. The fraction of sp³-hybridized carbons (Fsp3) is 0.526. The maximum Gasteiger partial charge on any atom is 0.253 e. The second-order valence-electron chi connectivity index (χ2n) is 6.92. The summed E-state index contributed by atoms with van der Waals surface area (Å²) in [6.45, 7) is 6.03. The first-order valence-corrected chi connectivity index (χ1v) is 8.90. The standard InChI is InChI=1S/C19H25N3O3/c1-13(18(24)20-17-7-8-17)21-9-11-22(12-10-21)19(25)16-5-3-15(4-6-16)14(2)23/h3-6,13,17H,7-12H2,1-2H3,(H,20,24)/t13-/m1/s1. The number of hydrogen-bond donors (Lipinski definition) is 1. The molecule has 6 heteroatoms. The molecule has 0 bridgehead atoms. The summed E-state index contributed by atoms with van der Waals surface area (Å²) in [7, 11) is 0. The van der Waals surface area contributed by atoms with Gasteiger partial charge in [-0.3, -0.25) is 19.3 Å². The third kappa shape index (κ3) is 4.25. The number of amides is 2. The van der Waals surface area contributed by atoms with Crippen LogP contribution in [-0.4, -0.2) is 65.7 Å². The second-order valence-corrected chi connectivity index (χ2v) is 6.92. The van der Waals surface area contributed by atoms with Gasteiger partial charge in [-0.1, -0.05) is 12.1 Å². The fourth-order valence-electron chi connectivity index (χ4n) is 3.06. The SMILES string of the molecule is CC(=O)c1ccc(C(=O)N2CCN([C@H](C)C(=O)NC3CC3)CC2)cc1. The highest BCUT2D eigenvalue weighted by atomic mass is 16.2. The summed E-state index contributed by atoms with van der Waals surface area (Å²) in [5.74, 6) is 0.0537. The van der Waals surface area contributed by atoms with Crippen molar-refractivity contribution < 1.29 is 14.4 Å². The molecule has 0 unspecified atom stereocenters. The molecule has 1 heterocycles. The number of hydrogen-bond acceptors (Lipinski definition) is 4. The van der Waals surface area contributed by atoms with Gasteiger partial charge in [-0.2, -0.15) is 0 Å². The molecule has 1 aliphatic carbocycles. The molecular formula is C19H25N3O3. The van der Waals surface area contributed by atoms with Gasteiger partial charge in [-0.05, 0) is 38.8 Å². The average Bonchev–Trinajstić information content (AvgIpc) is 3.44. The Morgan fingerprint density at radius 2 is 1.56 bits per heavy atom. The molecule has 3 rings (SSSR count). The Labute approximate surface area is 148 Å². The zero-order valence-corrected chi connectivity index (χ0v) is 14.8. The van der Waals surface area contributed by atoms with E-state index in [4.69, 9.17) is 0 Å². The maximum absolute atomic E-state index is 12.6. The lowest BCUT2D eigenvalue weighted by Gasteiger charge is -2.37. The van der Waals surface area contributed by atoms with Crippen LogP contribution in [0.15, 0.2) is 24.3 Å². The molecule has 1 saturated heterocycles. The van der Waals surface area contributed by atoms with Gasteiger partial charge < -0.3 is 10.2 Å². The summed E-state index contributed by atoms with van der Waals surface area (Å²) in [4.78, 5) is 40.0. The molecule has 2 aliphatic rings. The van der Waals surface area contributed by atoms with Crippen LogP contribution in [0.2, 0.25) is 0 Å². The lowest BCUT2D eigenvalue weighted by atomic mass is 10.1. The van der Waals surface area contributed by atoms with Crippen LogP contribution in [0, 0.1) is 0 Å². The molecule has 1 atom stereocenters. The van der Waals surface area contributed by atoms with E-state index < -0.39 is 0 Å². The first-order chi connectivity index (χ1) is 12.0. The summed E-state index contributed by atoms with van der Waals surface area (Å²) in [5.41, 5.74) is 1.20. The van der Waals surface area contributed by atoms with Crippen LogP contribution in [0.25, 0.3) is 0 Å². The van der Waals surface area contributed by atoms with Gasteiger partial charge in [0.1, 0.15) is 0 Å². The van der Waals surface area contributed by atoms with E-state index in [0.717, 1.165) is 12.8 Å². The van der Waals surface area contributed by atoms with E-state index >= 15 is 0 Å². The van der Waals surface area contributed by atoms with E-state index in [0.29, 0.717) is 43.3 Å². The smallest absolute Gasteiger partial charge is 0.253 e. The van der Waals surface area contributed by atoms with Gasteiger partial charge >= 0.3 is 0 Å². The van der Waals surface area contributed by atoms with Crippen molar-refractivity contribution in [2.75, 3.05) is 26.2 Å². The van der Waals surface area contributed by atoms with Gasteiger partial charge in [-0.25, -0.2) is 0 Å². The van der Waals surface area contributed by atoms with Gasteiger partial charge in [0.25, 0.3) is 5.91 Å². The molecule has 1 aromatic rings. The number of carbonyl (C=O) groups is 3. The number of benzene rings is 1. The number of piperazine rings is 1. The van der Waals surface area contributed by atoms with Crippen molar-refractivity contribution in [2.45, 2.75) is 38.8 Å². The van der Waals surface area contributed by atoms with Crippen molar-refractivity contribution in [3.8, 4) is 0 Å². The number of nitrogens with zero attached hydrogens (tertiary/aromatic N) is 2. The first-order valence-electron chi connectivity index (χ1n) is 8.90. The van der Waals surface area contributed by atoms with Crippen molar-refractivity contribution in [1.82, 2.24) is 15.1 Å². The largest absolute Gasteiger partial charge is 0.352 e. The van der Waals surface area contributed by atoms with Crippen LogP contribution < -0.4 is 5.32 Å². The zero-order valence-electron chi connectivity index (χ0n) is 14.8. The molecule has 1 saturated carbocycles. The van der Waals surface area contributed by atoms with Crippen LogP contribution in [0.1, 0.15) is 47.4 Å².